The Hall–Kier alpha value is -3.09. The molecule has 0 radical (unpaired) electrons. The van der Waals surface area contributed by atoms with E-state index in [1.807, 2.05) is 29.2 Å². The number of hydrogen-bond donors (Lipinski definition) is 1. The summed E-state index contributed by atoms with van der Waals surface area (Å²) < 4.78 is 10.7. The Labute approximate surface area is 171 Å². The van der Waals surface area contributed by atoms with E-state index >= 15 is 0 Å². The van der Waals surface area contributed by atoms with Crippen molar-refractivity contribution in [1.82, 2.24) is 9.88 Å². The largest absolute Gasteiger partial charge is 0.495 e. The van der Waals surface area contributed by atoms with Crippen molar-refractivity contribution in [3.8, 4) is 5.75 Å². The summed E-state index contributed by atoms with van der Waals surface area (Å²) in [6, 6.07) is 10.9. The zero-order valence-electron chi connectivity index (χ0n) is 16.9. The van der Waals surface area contributed by atoms with E-state index in [9.17, 15) is 9.59 Å². The minimum Gasteiger partial charge on any atom is -0.495 e. The molecular weight excluding hydrogens is 370 g/mol. The number of ether oxygens (including phenoxy) is 2. The van der Waals surface area contributed by atoms with Crippen LogP contribution in [0.15, 0.2) is 42.6 Å². The number of anilines is 2. The third-order valence-corrected chi connectivity index (χ3v) is 5.13. The maximum Gasteiger partial charge on any atom is 0.342 e. The molecule has 0 spiro atoms. The zero-order valence-corrected chi connectivity index (χ0v) is 16.9. The average Bonchev–Trinajstić information content (AvgIpc) is 2.78. The van der Waals surface area contributed by atoms with Crippen LogP contribution in [0.1, 0.15) is 43.0 Å². The molecule has 2 aromatic rings. The third-order valence-electron chi connectivity index (χ3n) is 5.13. The van der Waals surface area contributed by atoms with Crippen molar-refractivity contribution in [2.45, 2.75) is 38.6 Å². The van der Waals surface area contributed by atoms with Crippen LogP contribution in [0.5, 0.6) is 5.75 Å². The standard InChI is InChI=1S/C22H27N3O4/c1-3-16-9-6-7-14-25(16)20(26)15-29-22(27)17-10-8-13-23-21(17)24-18-11-4-5-12-19(18)28-2/h4-5,8,10-13,16H,3,6-7,9,14-15H2,1-2H3,(H,23,24)/t16-/m0/s1. The van der Waals surface area contributed by atoms with Gasteiger partial charge in [-0.3, -0.25) is 4.79 Å². The first-order valence-corrected chi connectivity index (χ1v) is 9.95. The van der Waals surface area contributed by atoms with E-state index in [4.69, 9.17) is 9.47 Å². The monoisotopic (exact) mass is 397 g/mol. The highest BCUT2D eigenvalue weighted by molar-refractivity contribution is 5.96. The molecule has 7 heteroatoms. The Kier molecular flexibility index (Phi) is 7.05. The first-order valence-electron chi connectivity index (χ1n) is 9.95. The van der Waals surface area contributed by atoms with Crippen molar-refractivity contribution in [2.75, 3.05) is 25.6 Å². The SMILES string of the molecule is CC[C@H]1CCCCN1C(=O)COC(=O)c1cccnc1Nc1ccccc1OC. The molecule has 29 heavy (non-hydrogen) atoms. The fraction of sp³-hybridized carbons (Fsp3) is 0.409. The van der Waals surface area contributed by atoms with Gasteiger partial charge < -0.3 is 19.7 Å². The quantitative estimate of drug-likeness (QED) is 0.716. The van der Waals surface area contributed by atoms with Crippen molar-refractivity contribution in [3.63, 3.8) is 0 Å². The van der Waals surface area contributed by atoms with Crippen molar-refractivity contribution in [2.24, 2.45) is 0 Å². The van der Waals surface area contributed by atoms with Crippen LogP contribution in [-0.2, 0) is 9.53 Å². The van der Waals surface area contributed by atoms with Gasteiger partial charge >= 0.3 is 5.97 Å². The van der Waals surface area contributed by atoms with Crippen molar-refractivity contribution in [1.29, 1.82) is 0 Å². The summed E-state index contributed by atoms with van der Waals surface area (Å²) in [7, 11) is 1.57. The van der Waals surface area contributed by atoms with Gasteiger partial charge in [0.05, 0.1) is 12.8 Å². The number of likely N-dealkylation sites (tertiary alicyclic amines) is 1. The first-order chi connectivity index (χ1) is 14.1. The highest BCUT2D eigenvalue weighted by Crippen LogP contribution is 2.28. The number of nitrogens with one attached hydrogen (secondary N) is 1. The van der Waals surface area contributed by atoms with Gasteiger partial charge in [0.1, 0.15) is 17.1 Å². The van der Waals surface area contributed by atoms with E-state index < -0.39 is 5.97 Å². The fourth-order valence-electron chi connectivity index (χ4n) is 3.59. The number of hydrogen-bond acceptors (Lipinski definition) is 6. The lowest BCUT2D eigenvalue weighted by atomic mass is 10.00. The molecule has 0 saturated carbocycles. The number of aromatic nitrogens is 1. The van der Waals surface area contributed by atoms with Gasteiger partial charge in [-0.1, -0.05) is 19.1 Å². The average molecular weight is 397 g/mol. The summed E-state index contributed by atoms with van der Waals surface area (Å²) in [5.74, 6) is 0.240. The van der Waals surface area contributed by atoms with Crippen LogP contribution >= 0.6 is 0 Å². The van der Waals surface area contributed by atoms with Crippen molar-refractivity contribution < 1.29 is 19.1 Å². The third kappa shape index (κ3) is 5.04. The fourth-order valence-corrected chi connectivity index (χ4v) is 3.59. The molecule has 0 aliphatic carbocycles. The molecule has 1 aromatic carbocycles. The number of carbonyl (C=O) groups is 2. The van der Waals surface area contributed by atoms with Gasteiger partial charge in [0.15, 0.2) is 6.61 Å². The molecule has 1 fully saturated rings. The molecular formula is C22H27N3O4. The molecule has 1 aliphatic rings. The Morgan fingerprint density at radius 3 is 2.83 bits per heavy atom. The number of benzene rings is 1. The Bertz CT molecular complexity index is 855. The first kappa shape index (κ1) is 20.6. The number of esters is 1. The molecule has 2 heterocycles. The van der Waals surface area contributed by atoms with Crippen LogP contribution < -0.4 is 10.1 Å². The molecule has 7 nitrogen and oxygen atoms in total. The maximum atomic E-state index is 12.6. The van der Waals surface area contributed by atoms with Gasteiger partial charge in [0.2, 0.25) is 0 Å². The molecule has 1 aromatic heterocycles. The van der Waals surface area contributed by atoms with Crippen LogP contribution in [0, 0.1) is 0 Å². The second kappa shape index (κ2) is 9.91. The van der Waals surface area contributed by atoms with Gasteiger partial charge in [0.25, 0.3) is 5.91 Å². The number of pyridine rings is 1. The Balaban J connectivity index is 1.68. The second-order valence-electron chi connectivity index (χ2n) is 6.95. The van der Waals surface area contributed by atoms with Gasteiger partial charge in [0, 0.05) is 18.8 Å². The predicted molar refractivity (Wildman–Crippen MR) is 110 cm³/mol. The number of rotatable bonds is 7. The number of piperidine rings is 1. The molecule has 1 atom stereocenters. The van der Waals surface area contributed by atoms with E-state index in [1.54, 1.807) is 25.4 Å². The lowest BCUT2D eigenvalue weighted by Gasteiger charge is -2.35. The van der Waals surface area contributed by atoms with Crippen LogP contribution in [0.4, 0.5) is 11.5 Å². The smallest absolute Gasteiger partial charge is 0.342 e. The summed E-state index contributed by atoms with van der Waals surface area (Å²) in [4.78, 5) is 31.3. The maximum absolute atomic E-state index is 12.6. The lowest BCUT2D eigenvalue weighted by Crippen LogP contribution is -2.45. The summed E-state index contributed by atoms with van der Waals surface area (Å²) in [6.45, 7) is 2.54. The van der Waals surface area contributed by atoms with Gasteiger partial charge in [-0.2, -0.15) is 0 Å². The molecule has 0 bridgehead atoms. The second-order valence-corrected chi connectivity index (χ2v) is 6.95. The number of amides is 1. The highest BCUT2D eigenvalue weighted by Gasteiger charge is 2.26. The Morgan fingerprint density at radius 2 is 2.03 bits per heavy atom. The molecule has 1 saturated heterocycles. The van der Waals surface area contributed by atoms with Crippen LogP contribution in [0.2, 0.25) is 0 Å². The summed E-state index contributed by atoms with van der Waals surface area (Å²) >= 11 is 0. The zero-order chi connectivity index (χ0) is 20.6. The van der Waals surface area contributed by atoms with E-state index in [2.05, 4.69) is 17.2 Å². The normalized spacial score (nSPS) is 16.2. The topological polar surface area (TPSA) is 80.8 Å². The molecule has 1 aliphatic heterocycles. The predicted octanol–water partition coefficient (Wildman–Crippen LogP) is 3.78. The minimum atomic E-state index is -0.589. The van der Waals surface area contributed by atoms with Crippen molar-refractivity contribution in [3.05, 3.63) is 48.2 Å². The number of methoxy groups -OCH3 is 1. The number of carbonyl (C=O) groups excluding carboxylic acids is 2. The van der Waals surface area contributed by atoms with E-state index in [-0.39, 0.29) is 24.1 Å². The minimum absolute atomic E-state index is 0.145. The van der Waals surface area contributed by atoms with E-state index in [0.29, 0.717) is 17.3 Å². The molecule has 1 amide bonds. The Morgan fingerprint density at radius 1 is 1.21 bits per heavy atom. The van der Waals surface area contributed by atoms with Gasteiger partial charge in [-0.05, 0) is 49.9 Å². The highest BCUT2D eigenvalue weighted by atomic mass is 16.5. The molecule has 3 rings (SSSR count). The summed E-state index contributed by atoms with van der Waals surface area (Å²) in [5.41, 5.74) is 0.940. The number of nitrogens with zero attached hydrogens (tertiary/aromatic N) is 2. The summed E-state index contributed by atoms with van der Waals surface area (Å²) in [6.07, 6.45) is 5.63. The molecule has 0 unspecified atom stereocenters. The summed E-state index contributed by atoms with van der Waals surface area (Å²) in [5, 5.41) is 3.11. The van der Waals surface area contributed by atoms with Gasteiger partial charge in [-0.15, -0.1) is 0 Å². The van der Waals surface area contributed by atoms with Crippen LogP contribution in [-0.4, -0.2) is 48.1 Å². The van der Waals surface area contributed by atoms with E-state index in [0.717, 1.165) is 32.2 Å². The molecule has 1 N–H and O–H groups in total. The van der Waals surface area contributed by atoms with E-state index in [1.165, 1.54) is 0 Å². The van der Waals surface area contributed by atoms with Gasteiger partial charge in [-0.25, -0.2) is 9.78 Å². The molecule has 154 valence electrons. The number of para-hydroxylation sites is 2. The lowest BCUT2D eigenvalue weighted by molar-refractivity contribution is -0.138. The van der Waals surface area contributed by atoms with Crippen LogP contribution in [0.3, 0.4) is 0 Å². The van der Waals surface area contributed by atoms with Crippen LogP contribution in [0.25, 0.3) is 0 Å². The van der Waals surface area contributed by atoms with Crippen molar-refractivity contribution >= 4 is 23.4 Å².